The van der Waals surface area contributed by atoms with Crippen molar-refractivity contribution in [3.05, 3.63) is 0 Å². The molecule has 0 aromatic rings. The molecule has 1 heterocycles. The molecule has 1 amide bonds. The third-order valence-corrected chi connectivity index (χ3v) is 4.19. The number of nitrogens with two attached hydrogens (primary N) is 1. The largest absolute Gasteiger partial charge is 0.342 e. The van der Waals surface area contributed by atoms with Crippen LogP contribution in [0.4, 0.5) is 0 Å². The van der Waals surface area contributed by atoms with Crippen LogP contribution in [0.3, 0.4) is 0 Å². The van der Waals surface area contributed by atoms with E-state index in [4.69, 9.17) is 5.73 Å². The molecule has 0 aromatic heterocycles. The van der Waals surface area contributed by atoms with Crippen molar-refractivity contribution in [2.45, 2.75) is 52.9 Å². The van der Waals surface area contributed by atoms with Crippen molar-refractivity contribution in [1.82, 2.24) is 4.90 Å². The van der Waals surface area contributed by atoms with E-state index in [9.17, 15) is 4.79 Å². The third kappa shape index (κ3) is 3.98. The molecule has 0 saturated carbocycles. The molecule has 0 aliphatic carbocycles. The Bertz CT molecular complexity index is 245. The average molecular weight is 240 g/mol. The van der Waals surface area contributed by atoms with Crippen LogP contribution in [0.25, 0.3) is 0 Å². The molecule has 1 saturated heterocycles. The molecule has 3 nitrogen and oxygen atoms in total. The van der Waals surface area contributed by atoms with Crippen LogP contribution in [0.5, 0.6) is 0 Å². The number of hydrogen-bond donors (Lipinski definition) is 1. The van der Waals surface area contributed by atoms with Gasteiger partial charge in [0.2, 0.25) is 5.91 Å². The van der Waals surface area contributed by atoms with Gasteiger partial charge in [-0.25, -0.2) is 0 Å². The minimum Gasteiger partial charge on any atom is -0.342 e. The maximum absolute atomic E-state index is 12.2. The molecule has 3 heteroatoms. The number of nitrogens with zero attached hydrogens (tertiary/aromatic N) is 1. The van der Waals surface area contributed by atoms with Crippen molar-refractivity contribution in [2.75, 3.05) is 19.6 Å². The standard InChI is InChI=1S/C14H28N2O/c1-4-5-6-12(2)13(17)16-9-7-14(3,11-15)8-10-16/h12H,4-11,15H2,1-3H3. The molecule has 17 heavy (non-hydrogen) atoms. The van der Waals surface area contributed by atoms with Gasteiger partial charge in [-0.05, 0) is 31.2 Å². The Hall–Kier alpha value is -0.570. The summed E-state index contributed by atoms with van der Waals surface area (Å²) < 4.78 is 0. The quantitative estimate of drug-likeness (QED) is 0.802. The SMILES string of the molecule is CCCCC(C)C(=O)N1CCC(C)(CN)CC1. The van der Waals surface area contributed by atoms with Crippen molar-refractivity contribution >= 4 is 5.91 Å². The number of likely N-dealkylation sites (tertiary alicyclic amines) is 1. The fraction of sp³-hybridized carbons (Fsp3) is 0.929. The topological polar surface area (TPSA) is 46.3 Å². The molecular formula is C14H28N2O. The normalized spacial score (nSPS) is 21.3. The van der Waals surface area contributed by atoms with Crippen LogP contribution in [0.15, 0.2) is 0 Å². The highest BCUT2D eigenvalue weighted by Gasteiger charge is 2.31. The van der Waals surface area contributed by atoms with E-state index in [-0.39, 0.29) is 11.3 Å². The first-order valence-corrected chi connectivity index (χ1v) is 7.01. The Morgan fingerprint density at radius 1 is 1.41 bits per heavy atom. The second-order valence-electron chi connectivity index (χ2n) is 5.88. The van der Waals surface area contributed by atoms with Crippen LogP contribution in [-0.2, 0) is 4.79 Å². The molecule has 2 N–H and O–H groups in total. The van der Waals surface area contributed by atoms with Gasteiger partial charge in [0.05, 0.1) is 0 Å². The van der Waals surface area contributed by atoms with Crippen LogP contribution in [0, 0.1) is 11.3 Å². The zero-order valence-corrected chi connectivity index (χ0v) is 11.7. The molecule has 1 atom stereocenters. The number of amides is 1. The monoisotopic (exact) mass is 240 g/mol. The molecule has 100 valence electrons. The molecule has 0 bridgehead atoms. The Balaban J connectivity index is 2.40. The Labute approximate surface area is 106 Å². The van der Waals surface area contributed by atoms with E-state index in [1.807, 2.05) is 4.90 Å². The fourth-order valence-corrected chi connectivity index (χ4v) is 2.42. The highest BCUT2D eigenvalue weighted by Crippen LogP contribution is 2.30. The number of carbonyl (C=O) groups is 1. The summed E-state index contributed by atoms with van der Waals surface area (Å²) in [6.45, 7) is 8.99. The highest BCUT2D eigenvalue weighted by atomic mass is 16.2. The first kappa shape index (κ1) is 14.5. The predicted molar refractivity (Wildman–Crippen MR) is 71.7 cm³/mol. The number of carbonyl (C=O) groups excluding carboxylic acids is 1. The molecule has 1 aliphatic heterocycles. The summed E-state index contributed by atoms with van der Waals surface area (Å²) in [4.78, 5) is 14.2. The van der Waals surface area contributed by atoms with Gasteiger partial charge in [-0.1, -0.05) is 33.6 Å². The molecule has 1 rings (SSSR count). The van der Waals surface area contributed by atoms with E-state index < -0.39 is 0 Å². The van der Waals surface area contributed by atoms with E-state index in [0.29, 0.717) is 5.91 Å². The summed E-state index contributed by atoms with van der Waals surface area (Å²) in [7, 11) is 0. The van der Waals surface area contributed by atoms with Crippen molar-refractivity contribution in [2.24, 2.45) is 17.1 Å². The number of unbranched alkanes of at least 4 members (excludes halogenated alkanes) is 1. The smallest absolute Gasteiger partial charge is 0.225 e. The minimum atomic E-state index is 0.192. The summed E-state index contributed by atoms with van der Waals surface area (Å²) >= 11 is 0. The molecule has 1 fully saturated rings. The second kappa shape index (κ2) is 6.39. The van der Waals surface area contributed by atoms with E-state index in [0.717, 1.165) is 45.3 Å². The maximum Gasteiger partial charge on any atom is 0.225 e. The zero-order valence-electron chi connectivity index (χ0n) is 11.7. The molecule has 0 radical (unpaired) electrons. The fourth-order valence-electron chi connectivity index (χ4n) is 2.42. The van der Waals surface area contributed by atoms with Crippen LogP contribution >= 0.6 is 0 Å². The lowest BCUT2D eigenvalue weighted by atomic mass is 9.80. The van der Waals surface area contributed by atoms with Crippen LogP contribution in [-0.4, -0.2) is 30.4 Å². The highest BCUT2D eigenvalue weighted by molar-refractivity contribution is 5.78. The maximum atomic E-state index is 12.2. The predicted octanol–water partition coefficient (Wildman–Crippen LogP) is 2.40. The second-order valence-corrected chi connectivity index (χ2v) is 5.88. The first-order valence-electron chi connectivity index (χ1n) is 7.01. The van der Waals surface area contributed by atoms with Gasteiger partial charge in [0.25, 0.3) is 0 Å². The van der Waals surface area contributed by atoms with Crippen molar-refractivity contribution in [3.63, 3.8) is 0 Å². The number of piperidine rings is 1. The molecule has 1 aliphatic rings. The lowest BCUT2D eigenvalue weighted by molar-refractivity contribution is -0.137. The van der Waals surface area contributed by atoms with Crippen LogP contribution < -0.4 is 5.73 Å². The van der Waals surface area contributed by atoms with Gasteiger partial charge >= 0.3 is 0 Å². The van der Waals surface area contributed by atoms with Gasteiger partial charge in [-0.2, -0.15) is 0 Å². The van der Waals surface area contributed by atoms with Crippen LogP contribution in [0.1, 0.15) is 52.9 Å². The zero-order chi connectivity index (χ0) is 12.9. The van der Waals surface area contributed by atoms with Gasteiger partial charge in [0.15, 0.2) is 0 Å². The third-order valence-electron chi connectivity index (χ3n) is 4.19. The summed E-state index contributed by atoms with van der Waals surface area (Å²) in [6, 6.07) is 0. The van der Waals surface area contributed by atoms with Gasteiger partial charge in [0.1, 0.15) is 0 Å². The van der Waals surface area contributed by atoms with E-state index in [1.165, 1.54) is 6.42 Å². The summed E-state index contributed by atoms with van der Waals surface area (Å²) in [5, 5.41) is 0. The number of hydrogen-bond acceptors (Lipinski definition) is 2. The molecule has 0 aromatic carbocycles. The molecule has 0 spiro atoms. The van der Waals surface area contributed by atoms with Crippen molar-refractivity contribution in [1.29, 1.82) is 0 Å². The van der Waals surface area contributed by atoms with Gasteiger partial charge in [-0.3, -0.25) is 4.79 Å². The van der Waals surface area contributed by atoms with Gasteiger partial charge in [-0.15, -0.1) is 0 Å². The number of rotatable bonds is 5. The van der Waals surface area contributed by atoms with E-state index >= 15 is 0 Å². The summed E-state index contributed by atoms with van der Waals surface area (Å²) in [5.74, 6) is 0.537. The van der Waals surface area contributed by atoms with Crippen molar-refractivity contribution in [3.8, 4) is 0 Å². The summed E-state index contributed by atoms with van der Waals surface area (Å²) in [5.41, 5.74) is 6.03. The average Bonchev–Trinajstić information content (AvgIpc) is 2.36. The Morgan fingerprint density at radius 3 is 2.47 bits per heavy atom. The lowest BCUT2D eigenvalue weighted by Gasteiger charge is -2.39. The first-order chi connectivity index (χ1) is 8.02. The summed E-state index contributed by atoms with van der Waals surface area (Å²) in [6.07, 6.45) is 5.45. The van der Waals surface area contributed by atoms with Gasteiger partial charge < -0.3 is 10.6 Å². The Morgan fingerprint density at radius 2 is 2.00 bits per heavy atom. The van der Waals surface area contributed by atoms with E-state index in [2.05, 4.69) is 20.8 Å². The Kier molecular flexibility index (Phi) is 5.44. The lowest BCUT2D eigenvalue weighted by Crippen LogP contribution is -2.46. The minimum absolute atomic E-state index is 0.192. The van der Waals surface area contributed by atoms with E-state index in [1.54, 1.807) is 0 Å². The van der Waals surface area contributed by atoms with Crippen molar-refractivity contribution < 1.29 is 4.79 Å². The molecule has 1 unspecified atom stereocenters. The molecular weight excluding hydrogens is 212 g/mol. The van der Waals surface area contributed by atoms with Gasteiger partial charge in [0, 0.05) is 19.0 Å². The van der Waals surface area contributed by atoms with Crippen LogP contribution in [0.2, 0.25) is 0 Å².